The third kappa shape index (κ3) is 7.23. The summed E-state index contributed by atoms with van der Waals surface area (Å²) in [5.74, 6) is 0.0909. The molecule has 0 saturated carbocycles. The summed E-state index contributed by atoms with van der Waals surface area (Å²) in [5.41, 5.74) is 4.23. The van der Waals surface area contributed by atoms with Crippen LogP contribution in [0, 0.1) is 6.92 Å². The molecule has 0 aliphatic heterocycles. The SMILES string of the molecule is CCOc1cc(/C=N\NC(=O)COc2cccc(C)c2)ccc1OC(=O)c1ccc(Cl)cc1Cl. The fourth-order valence-corrected chi connectivity index (χ4v) is 3.32. The maximum absolute atomic E-state index is 12.5. The second kappa shape index (κ2) is 12.1. The van der Waals surface area contributed by atoms with Crippen LogP contribution in [0.4, 0.5) is 0 Å². The number of hydrazone groups is 1. The Morgan fingerprint density at radius 3 is 2.56 bits per heavy atom. The Hall–Kier alpha value is -3.55. The summed E-state index contributed by atoms with van der Waals surface area (Å²) >= 11 is 12.0. The number of carbonyl (C=O) groups is 2. The normalized spacial score (nSPS) is 10.7. The van der Waals surface area contributed by atoms with Crippen molar-refractivity contribution in [1.82, 2.24) is 5.43 Å². The molecule has 0 fully saturated rings. The minimum atomic E-state index is -0.648. The maximum atomic E-state index is 12.5. The number of aryl methyl sites for hydroxylation is 1. The van der Waals surface area contributed by atoms with Crippen molar-refractivity contribution in [2.24, 2.45) is 5.10 Å². The van der Waals surface area contributed by atoms with E-state index < -0.39 is 11.9 Å². The highest BCUT2D eigenvalue weighted by atomic mass is 35.5. The average molecular weight is 501 g/mol. The summed E-state index contributed by atoms with van der Waals surface area (Å²) in [6.45, 7) is 3.91. The van der Waals surface area contributed by atoms with Gasteiger partial charge in [0.25, 0.3) is 5.91 Å². The smallest absolute Gasteiger partial charge is 0.345 e. The van der Waals surface area contributed by atoms with Crippen molar-refractivity contribution in [2.75, 3.05) is 13.2 Å². The first-order valence-corrected chi connectivity index (χ1v) is 11.1. The molecular formula is C25H22Cl2N2O5. The van der Waals surface area contributed by atoms with Gasteiger partial charge in [0.15, 0.2) is 18.1 Å². The predicted octanol–water partition coefficient (Wildman–Crippen LogP) is 5.45. The van der Waals surface area contributed by atoms with Crippen LogP contribution in [0.5, 0.6) is 17.2 Å². The Morgan fingerprint density at radius 2 is 1.82 bits per heavy atom. The van der Waals surface area contributed by atoms with Crippen molar-refractivity contribution >= 4 is 41.3 Å². The third-order valence-corrected chi connectivity index (χ3v) is 4.93. The lowest BCUT2D eigenvalue weighted by atomic mass is 10.2. The highest BCUT2D eigenvalue weighted by molar-refractivity contribution is 6.36. The van der Waals surface area contributed by atoms with Gasteiger partial charge in [0.2, 0.25) is 0 Å². The molecule has 0 aliphatic carbocycles. The molecule has 3 aromatic rings. The number of amides is 1. The highest BCUT2D eigenvalue weighted by Gasteiger charge is 2.16. The average Bonchev–Trinajstić information content (AvgIpc) is 2.79. The van der Waals surface area contributed by atoms with Gasteiger partial charge in [-0.25, -0.2) is 10.2 Å². The number of rotatable bonds is 9. The monoisotopic (exact) mass is 500 g/mol. The summed E-state index contributed by atoms with van der Waals surface area (Å²) in [5, 5.41) is 4.53. The largest absolute Gasteiger partial charge is 0.490 e. The Balaban J connectivity index is 1.62. The van der Waals surface area contributed by atoms with E-state index in [2.05, 4.69) is 10.5 Å². The molecule has 0 aromatic heterocycles. The molecule has 34 heavy (non-hydrogen) atoms. The van der Waals surface area contributed by atoms with E-state index in [9.17, 15) is 9.59 Å². The molecule has 3 rings (SSSR count). The molecule has 3 aromatic carbocycles. The van der Waals surface area contributed by atoms with E-state index in [0.717, 1.165) is 5.56 Å². The Morgan fingerprint density at radius 1 is 1.00 bits per heavy atom. The van der Waals surface area contributed by atoms with Crippen LogP contribution in [-0.4, -0.2) is 31.3 Å². The Labute approximate surface area is 207 Å². The van der Waals surface area contributed by atoms with E-state index >= 15 is 0 Å². The molecule has 0 spiro atoms. The van der Waals surface area contributed by atoms with E-state index in [-0.39, 0.29) is 22.9 Å². The van der Waals surface area contributed by atoms with Gasteiger partial charge in [-0.15, -0.1) is 0 Å². The van der Waals surface area contributed by atoms with Crippen LogP contribution >= 0.6 is 23.2 Å². The highest BCUT2D eigenvalue weighted by Crippen LogP contribution is 2.30. The van der Waals surface area contributed by atoms with Crippen molar-refractivity contribution in [1.29, 1.82) is 0 Å². The molecule has 7 nitrogen and oxygen atoms in total. The molecule has 176 valence electrons. The van der Waals surface area contributed by atoms with E-state index in [1.54, 1.807) is 37.3 Å². The molecule has 9 heteroatoms. The first-order valence-electron chi connectivity index (χ1n) is 10.3. The number of hydrogen-bond donors (Lipinski definition) is 1. The second-order valence-corrected chi connectivity index (χ2v) is 7.89. The van der Waals surface area contributed by atoms with Gasteiger partial charge < -0.3 is 14.2 Å². The summed E-state index contributed by atoms with van der Waals surface area (Å²) < 4.78 is 16.5. The molecule has 0 saturated heterocycles. The molecular weight excluding hydrogens is 479 g/mol. The lowest BCUT2D eigenvalue weighted by molar-refractivity contribution is -0.123. The third-order valence-electron chi connectivity index (χ3n) is 4.38. The van der Waals surface area contributed by atoms with Crippen LogP contribution in [0.15, 0.2) is 65.8 Å². The van der Waals surface area contributed by atoms with Crippen molar-refractivity contribution < 1.29 is 23.8 Å². The van der Waals surface area contributed by atoms with Crippen molar-refractivity contribution in [3.63, 3.8) is 0 Å². The van der Waals surface area contributed by atoms with Crippen LogP contribution in [0.25, 0.3) is 0 Å². The fourth-order valence-electron chi connectivity index (χ4n) is 2.83. The van der Waals surface area contributed by atoms with Crippen LogP contribution in [0.1, 0.15) is 28.4 Å². The van der Waals surface area contributed by atoms with Gasteiger partial charge >= 0.3 is 5.97 Å². The van der Waals surface area contributed by atoms with Gasteiger partial charge in [0.1, 0.15) is 5.75 Å². The summed E-state index contributed by atoms with van der Waals surface area (Å²) in [4.78, 5) is 24.5. The standard InChI is InChI=1S/C25H22Cl2N2O5/c1-3-32-23-12-17(14-28-29-24(30)15-33-19-6-4-5-16(2)11-19)7-10-22(23)34-25(31)20-9-8-18(26)13-21(20)27/h4-14H,3,15H2,1-2H3,(H,29,30)/b28-14-. The van der Waals surface area contributed by atoms with Crippen LogP contribution in [-0.2, 0) is 4.79 Å². The molecule has 0 bridgehead atoms. The zero-order valence-electron chi connectivity index (χ0n) is 18.5. The number of esters is 1. The molecule has 1 amide bonds. The lowest BCUT2D eigenvalue weighted by Gasteiger charge is -2.12. The van der Waals surface area contributed by atoms with E-state index in [4.69, 9.17) is 37.4 Å². The number of ether oxygens (including phenoxy) is 3. The van der Waals surface area contributed by atoms with Gasteiger partial charge in [-0.05, 0) is 73.5 Å². The van der Waals surface area contributed by atoms with Crippen molar-refractivity contribution in [2.45, 2.75) is 13.8 Å². The summed E-state index contributed by atoms with van der Waals surface area (Å²) in [7, 11) is 0. The molecule has 0 atom stereocenters. The number of benzene rings is 3. The lowest BCUT2D eigenvalue weighted by Crippen LogP contribution is -2.24. The Bertz CT molecular complexity index is 1210. The first kappa shape index (κ1) is 25.1. The maximum Gasteiger partial charge on any atom is 0.345 e. The first-order chi connectivity index (χ1) is 16.4. The van der Waals surface area contributed by atoms with Crippen LogP contribution < -0.4 is 19.6 Å². The van der Waals surface area contributed by atoms with Gasteiger partial charge in [-0.2, -0.15) is 5.10 Å². The zero-order valence-corrected chi connectivity index (χ0v) is 20.0. The van der Waals surface area contributed by atoms with Crippen molar-refractivity contribution in [3.05, 3.63) is 87.4 Å². The van der Waals surface area contributed by atoms with Crippen LogP contribution in [0.3, 0.4) is 0 Å². The second-order valence-electron chi connectivity index (χ2n) is 7.05. The minimum absolute atomic E-state index is 0.173. The van der Waals surface area contributed by atoms with E-state index in [1.165, 1.54) is 18.3 Å². The topological polar surface area (TPSA) is 86.2 Å². The van der Waals surface area contributed by atoms with Gasteiger partial charge in [-0.3, -0.25) is 4.79 Å². The number of halogens is 2. The number of nitrogens with zero attached hydrogens (tertiary/aromatic N) is 1. The molecule has 1 N–H and O–H groups in total. The van der Waals surface area contributed by atoms with Crippen LogP contribution in [0.2, 0.25) is 10.0 Å². The minimum Gasteiger partial charge on any atom is -0.490 e. The van der Waals surface area contributed by atoms with Crippen molar-refractivity contribution in [3.8, 4) is 17.2 Å². The van der Waals surface area contributed by atoms with E-state index in [1.807, 2.05) is 25.1 Å². The van der Waals surface area contributed by atoms with Gasteiger partial charge in [-0.1, -0.05) is 35.3 Å². The molecule has 0 radical (unpaired) electrons. The summed E-state index contributed by atoms with van der Waals surface area (Å²) in [6.07, 6.45) is 1.44. The molecule has 0 aliphatic rings. The summed E-state index contributed by atoms with van der Waals surface area (Å²) in [6, 6.07) is 16.7. The zero-order chi connectivity index (χ0) is 24.5. The Kier molecular flexibility index (Phi) is 8.90. The predicted molar refractivity (Wildman–Crippen MR) is 131 cm³/mol. The van der Waals surface area contributed by atoms with Gasteiger partial charge in [0, 0.05) is 5.02 Å². The fraction of sp³-hybridized carbons (Fsp3) is 0.160. The number of nitrogens with one attached hydrogen (secondary N) is 1. The molecule has 0 unspecified atom stereocenters. The van der Waals surface area contributed by atoms with E-state index in [0.29, 0.717) is 28.7 Å². The number of hydrogen-bond acceptors (Lipinski definition) is 6. The molecule has 0 heterocycles. The number of carbonyl (C=O) groups excluding carboxylic acids is 2. The van der Waals surface area contributed by atoms with Gasteiger partial charge in [0.05, 0.1) is 23.4 Å². The quantitative estimate of drug-likeness (QED) is 0.182.